The van der Waals surface area contributed by atoms with Crippen molar-refractivity contribution < 1.29 is 19.0 Å². The van der Waals surface area contributed by atoms with E-state index in [0.29, 0.717) is 0 Å². The summed E-state index contributed by atoms with van der Waals surface area (Å²) in [6.07, 6.45) is 0. The number of aryl methyl sites for hydroxylation is 2. The van der Waals surface area contributed by atoms with Crippen LogP contribution in [0.3, 0.4) is 0 Å². The maximum atomic E-state index is 13.7. The molecule has 1 aliphatic carbocycles. The Morgan fingerprint density at radius 3 is 1.97 bits per heavy atom. The lowest BCUT2D eigenvalue weighted by atomic mass is 9.80. The van der Waals surface area contributed by atoms with Crippen LogP contribution in [0.1, 0.15) is 50.0 Å². The molecular formula is C26H26O4. The summed E-state index contributed by atoms with van der Waals surface area (Å²) >= 11 is 0. The summed E-state index contributed by atoms with van der Waals surface area (Å²) in [4.78, 5) is 13.7. The Labute approximate surface area is 177 Å². The molecule has 3 aromatic carbocycles. The van der Waals surface area contributed by atoms with Gasteiger partial charge in [-0.1, -0.05) is 18.2 Å². The lowest BCUT2D eigenvalue weighted by molar-refractivity contribution is 0.0968. The molecule has 0 aliphatic heterocycles. The van der Waals surface area contributed by atoms with Gasteiger partial charge >= 0.3 is 0 Å². The molecule has 1 aliphatic rings. The highest BCUT2D eigenvalue weighted by Gasteiger charge is 2.44. The number of hydrogen-bond acceptors (Lipinski definition) is 4. The number of Topliss-reactive ketones (excluding diaryl/α,β-unsaturated/α-hetero) is 1. The van der Waals surface area contributed by atoms with Gasteiger partial charge in [0.2, 0.25) is 0 Å². The van der Waals surface area contributed by atoms with Crippen molar-refractivity contribution in [3.63, 3.8) is 0 Å². The third kappa shape index (κ3) is 3.32. The van der Waals surface area contributed by atoms with Crippen LogP contribution in [0.5, 0.6) is 17.2 Å². The van der Waals surface area contributed by atoms with Crippen LogP contribution in [0.25, 0.3) is 0 Å². The van der Waals surface area contributed by atoms with Crippen molar-refractivity contribution in [3.8, 4) is 17.2 Å². The molecule has 4 heteroatoms. The van der Waals surface area contributed by atoms with Crippen LogP contribution in [0.4, 0.5) is 0 Å². The van der Waals surface area contributed by atoms with E-state index in [1.54, 1.807) is 21.3 Å². The highest BCUT2D eigenvalue weighted by Crippen LogP contribution is 2.52. The fraction of sp³-hybridized carbons (Fsp3) is 0.269. The van der Waals surface area contributed by atoms with Gasteiger partial charge in [0, 0.05) is 17.0 Å². The zero-order valence-corrected chi connectivity index (χ0v) is 18.0. The van der Waals surface area contributed by atoms with E-state index in [2.05, 4.69) is 6.07 Å². The zero-order valence-electron chi connectivity index (χ0n) is 18.0. The molecule has 4 rings (SSSR count). The number of carbonyl (C=O) groups excluding carboxylic acids is 1. The molecule has 0 unspecified atom stereocenters. The second kappa shape index (κ2) is 7.86. The predicted molar refractivity (Wildman–Crippen MR) is 117 cm³/mol. The first-order valence-corrected chi connectivity index (χ1v) is 9.99. The molecule has 0 N–H and O–H groups in total. The van der Waals surface area contributed by atoms with Gasteiger partial charge in [0.25, 0.3) is 0 Å². The molecule has 0 heterocycles. The van der Waals surface area contributed by atoms with E-state index in [9.17, 15) is 4.79 Å². The monoisotopic (exact) mass is 402 g/mol. The molecule has 0 bridgehead atoms. The summed E-state index contributed by atoms with van der Waals surface area (Å²) in [5.74, 6) is 1.90. The van der Waals surface area contributed by atoms with Crippen LogP contribution >= 0.6 is 0 Å². The Hall–Kier alpha value is -3.27. The van der Waals surface area contributed by atoms with E-state index < -0.39 is 0 Å². The summed E-state index contributed by atoms with van der Waals surface area (Å²) in [6.45, 7) is 4.01. The number of hydrogen-bond donors (Lipinski definition) is 0. The van der Waals surface area contributed by atoms with Crippen molar-refractivity contribution >= 4 is 5.78 Å². The van der Waals surface area contributed by atoms with Crippen LogP contribution in [0.2, 0.25) is 0 Å². The number of carbonyl (C=O) groups is 1. The molecular weight excluding hydrogens is 376 g/mol. The Bertz CT molecular complexity index is 1100. The highest BCUT2D eigenvalue weighted by atomic mass is 16.5. The molecule has 154 valence electrons. The Morgan fingerprint density at radius 2 is 1.33 bits per heavy atom. The molecule has 0 saturated carbocycles. The average molecular weight is 402 g/mol. The van der Waals surface area contributed by atoms with Crippen molar-refractivity contribution in [1.29, 1.82) is 0 Å². The second-order valence-corrected chi connectivity index (χ2v) is 7.80. The minimum Gasteiger partial charge on any atom is -0.497 e. The maximum Gasteiger partial charge on any atom is 0.171 e. The van der Waals surface area contributed by atoms with Crippen LogP contribution in [-0.4, -0.2) is 27.1 Å². The van der Waals surface area contributed by atoms with Crippen molar-refractivity contribution in [2.45, 2.75) is 25.7 Å². The number of benzene rings is 3. The molecule has 0 fully saturated rings. The molecule has 0 radical (unpaired) electrons. The van der Waals surface area contributed by atoms with Crippen molar-refractivity contribution in [1.82, 2.24) is 0 Å². The smallest absolute Gasteiger partial charge is 0.171 e. The van der Waals surface area contributed by atoms with Gasteiger partial charge in [-0.15, -0.1) is 0 Å². The van der Waals surface area contributed by atoms with Gasteiger partial charge < -0.3 is 14.2 Å². The number of ether oxygens (including phenoxy) is 3. The Kier molecular flexibility index (Phi) is 5.25. The quantitative estimate of drug-likeness (QED) is 0.570. The third-order valence-corrected chi connectivity index (χ3v) is 5.84. The second-order valence-electron chi connectivity index (χ2n) is 7.80. The van der Waals surface area contributed by atoms with Gasteiger partial charge in [0.05, 0.1) is 27.2 Å². The number of rotatable bonds is 5. The topological polar surface area (TPSA) is 44.8 Å². The molecule has 4 nitrogen and oxygen atoms in total. The molecule has 0 amide bonds. The molecule has 30 heavy (non-hydrogen) atoms. The summed E-state index contributed by atoms with van der Waals surface area (Å²) in [6, 6.07) is 17.9. The van der Waals surface area contributed by atoms with Gasteiger partial charge in [0.15, 0.2) is 5.78 Å². The van der Waals surface area contributed by atoms with E-state index in [4.69, 9.17) is 14.2 Å². The van der Waals surface area contributed by atoms with Crippen LogP contribution in [-0.2, 0) is 0 Å². The SMILES string of the molecule is COc1ccc([C@H]2c3c(OC)cc(C)cc3C(=O)[C@H]2c2cc(C)cc(OC)c2)cc1. The number of fused-ring (bicyclic) bond motifs is 1. The van der Waals surface area contributed by atoms with E-state index in [0.717, 1.165) is 50.6 Å². The van der Waals surface area contributed by atoms with Crippen LogP contribution in [0.15, 0.2) is 54.6 Å². The van der Waals surface area contributed by atoms with E-state index in [1.165, 1.54) is 0 Å². The Morgan fingerprint density at radius 1 is 0.667 bits per heavy atom. The predicted octanol–water partition coefficient (Wildman–Crippen LogP) is 5.44. The van der Waals surface area contributed by atoms with Gasteiger partial charge in [-0.3, -0.25) is 4.79 Å². The number of methoxy groups -OCH3 is 3. The lowest BCUT2D eigenvalue weighted by Crippen LogP contribution is -2.13. The largest absolute Gasteiger partial charge is 0.497 e. The molecule has 0 saturated heterocycles. The van der Waals surface area contributed by atoms with E-state index >= 15 is 0 Å². The number of ketones is 1. The van der Waals surface area contributed by atoms with Gasteiger partial charge in [0.1, 0.15) is 17.2 Å². The first-order valence-electron chi connectivity index (χ1n) is 9.99. The molecule has 0 spiro atoms. The molecule has 2 atom stereocenters. The van der Waals surface area contributed by atoms with Gasteiger partial charge in [-0.25, -0.2) is 0 Å². The first kappa shape index (κ1) is 20.0. The maximum absolute atomic E-state index is 13.7. The Balaban J connectivity index is 1.96. The standard InChI is InChI=1S/C26H26O4/c1-15-10-18(14-20(11-15)29-4)24-23(17-6-8-19(28-3)9-7-17)25-21(26(24)27)12-16(2)13-22(25)30-5/h6-14,23-24H,1-5H3/t23-,24+/m1/s1. The fourth-order valence-corrected chi connectivity index (χ4v) is 4.53. The van der Waals surface area contributed by atoms with Gasteiger partial charge in [-0.2, -0.15) is 0 Å². The summed E-state index contributed by atoms with van der Waals surface area (Å²) < 4.78 is 16.6. The normalized spacial score (nSPS) is 17.6. The fourth-order valence-electron chi connectivity index (χ4n) is 4.53. The minimum atomic E-state index is -0.349. The first-order chi connectivity index (χ1) is 14.5. The third-order valence-electron chi connectivity index (χ3n) is 5.84. The van der Waals surface area contributed by atoms with Crippen LogP contribution < -0.4 is 14.2 Å². The lowest BCUT2D eigenvalue weighted by Gasteiger charge is -2.23. The summed E-state index contributed by atoms with van der Waals surface area (Å²) in [5.41, 5.74) is 5.76. The minimum absolute atomic E-state index is 0.112. The molecule has 0 aromatic heterocycles. The van der Waals surface area contributed by atoms with E-state index in [-0.39, 0.29) is 17.6 Å². The zero-order chi connectivity index (χ0) is 21.4. The van der Waals surface area contributed by atoms with Gasteiger partial charge in [-0.05, 0) is 72.5 Å². The van der Waals surface area contributed by atoms with Crippen molar-refractivity contribution in [2.24, 2.45) is 0 Å². The van der Waals surface area contributed by atoms with Crippen molar-refractivity contribution in [3.05, 3.63) is 88.0 Å². The van der Waals surface area contributed by atoms with E-state index in [1.807, 2.05) is 62.4 Å². The summed E-state index contributed by atoms with van der Waals surface area (Å²) in [7, 11) is 4.96. The van der Waals surface area contributed by atoms with Crippen LogP contribution in [0, 0.1) is 13.8 Å². The average Bonchev–Trinajstić information content (AvgIpc) is 3.05. The highest BCUT2D eigenvalue weighted by molar-refractivity contribution is 6.08. The van der Waals surface area contributed by atoms with Crippen molar-refractivity contribution in [2.75, 3.05) is 21.3 Å². The summed E-state index contributed by atoms with van der Waals surface area (Å²) in [5, 5.41) is 0. The molecule has 3 aromatic rings.